The Balaban J connectivity index is 1.92. The summed E-state index contributed by atoms with van der Waals surface area (Å²) in [4.78, 5) is 0. The van der Waals surface area contributed by atoms with Crippen molar-refractivity contribution in [2.24, 2.45) is 0 Å². The van der Waals surface area contributed by atoms with Gasteiger partial charge in [0.2, 0.25) is 0 Å². The molecule has 0 saturated heterocycles. The molecule has 2 rings (SSSR count). The Morgan fingerprint density at radius 2 is 1.90 bits per heavy atom. The third-order valence-electron chi connectivity index (χ3n) is 3.38. The molecule has 0 heterocycles. The number of phenolic OH excluding ortho intramolecular Hbond substituents is 1. The number of anilines is 1. The minimum absolute atomic E-state index is 0.125. The molecule has 0 bridgehead atoms. The number of benzene rings is 2. The summed E-state index contributed by atoms with van der Waals surface area (Å²) in [6.07, 6.45) is 1.72. The predicted octanol–water partition coefficient (Wildman–Crippen LogP) is 3.97. The number of nitrogens with one attached hydrogen (secondary N) is 1. The summed E-state index contributed by atoms with van der Waals surface area (Å²) >= 11 is 0. The quantitative estimate of drug-likeness (QED) is 0.845. The van der Waals surface area contributed by atoms with Crippen LogP contribution in [0.25, 0.3) is 0 Å². The van der Waals surface area contributed by atoms with Crippen LogP contribution in [0.5, 0.6) is 11.5 Å². The van der Waals surface area contributed by atoms with Crippen molar-refractivity contribution in [2.75, 3.05) is 12.4 Å². The van der Waals surface area contributed by atoms with Gasteiger partial charge in [-0.05, 0) is 49.6 Å². The van der Waals surface area contributed by atoms with E-state index in [2.05, 4.69) is 5.32 Å². The van der Waals surface area contributed by atoms with Crippen molar-refractivity contribution in [3.05, 3.63) is 53.8 Å². The number of ether oxygens (including phenoxy) is 1. The molecule has 2 aromatic rings. The van der Waals surface area contributed by atoms with Crippen LogP contribution in [0.3, 0.4) is 0 Å². The average Bonchev–Trinajstić information content (AvgIpc) is 2.49. The van der Waals surface area contributed by atoms with E-state index in [-0.39, 0.29) is 17.6 Å². The van der Waals surface area contributed by atoms with Gasteiger partial charge in [0.1, 0.15) is 17.3 Å². The molecule has 0 aliphatic rings. The molecule has 0 aliphatic heterocycles. The smallest absolute Gasteiger partial charge is 0.146 e. The fourth-order valence-corrected chi connectivity index (χ4v) is 2.13. The molecule has 0 spiro atoms. The SMILES string of the molecule is COc1ccc(F)c(NC(C)CCc2ccc(O)cc2)c1. The second-order valence-corrected chi connectivity index (χ2v) is 5.10. The minimum atomic E-state index is -0.285. The van der Waals surface area contributed by atoms with Gasteiger partial charge in [-0.1, -0.05) is 12.1 Å². The zero-order valence-electron chi connectivity index (χ0n) is 12.3. The lowest BCUT2D eigenvalue weighted by Gasteiger charge is -2.16. The van der Waals surface area contributed by atoms with Crippen molar-refractivity contribution in [1.29, 1.82) is 0 Å². The zero-order chi connectivity index (χ0) is 15.2. The largest absolute Gasteiger partial charge is 0.508 e. The third kappa shape index (κ3) is 4.38. The number of hydrogen-bond donors (Lipinski definition) is 2. The van der Waals surface area contributed by atoms with Gasteiger partial charge in [0, 0.05) is 12.1 Å². The lowest BCUT2D eigenvalue weighted by Crippen LogP contribution is -2.17. The van der Waals surface area contributed by atoms with Crippen LogP contribution in [0.15, 0.2) is 42.5 Å². The van der Waals surface area contributed by atoms with Crippen molar-refractivity contribution in [3.8, 4) is 11.5 Å². The number of halogens is 1. The summed E-state index contributed by atoms with van der Waals surface area (Å²) in [7, 11) is 1.56. The van der Waals surface area contributed by atoms with Crippen LogP contribution >= 0.6 is 0 Å². The van der Waals surface area contributed by atoms with Crippen molar-refractivity contribution in [2.45, 2.75) is 25.8 Å². The van der Waals surface area contributed by atoms with Gasteiger partial charge in [-0.25, -0.2) is 4.39 Å². The van der Waals surface area contributed by atoms with Crippen molar-refractivity contribution in [1.82, 2.24) is 0 Å². The summed E-state index contributed by atoms with van der Waals surface area (Å²) in [5.74, 6) is 0.611. The maximum absolute atomic E-state index is 13.7. The molecule has 1 atom stereocenters. The third-order valence-corrected chi connectivity index (χ3v) is 3.38. The van der Waals surface area contributed by atoms with E-state index in [1.807, 2.05) is 19.1 Å². The number of hydrogen-bond acceptors (Lipinski definition) is 3. The van der Waals surface area contributed by atoms with Crippen LogP contribution in [-0.4, -0.2) is 18.3 Å². The molecule has 0 fully saturated rings. The van der Waals surface area contributed by atoms with Gasteiger partial charge in [0.25, 0.3) is 0 Å². The fourth-order valence-electron chi connectivity index (χ4n) is 2.13. The van der Waals surface area contributed by atoms with Gasteiger partial charge in [-0.2, -0.15) is 0 Å². The maximum Gasteiger partial charge on any atom is 0.146 e. The van der Waals surface area contributed by atoms with E-state index in [0.717, 1.165) is 18.4 Å². The van der Waals surface area contributed by atoms with Gasteiger partial charge in [0.05, 0.1) is 12.8 Å². The Morgan fingerprint density at radius 1 is 1.19 bits per heavy atom. The Morgan fingerprint density at radius 3 is 2.57 bits per heavy atom. The number of phenols is 1. The number of rotatable bonds is 6. The summed E-state index contributed by atoms with van der Waals surface area (Å²) < 4.78 is 18.8. The average molecular weight is 289 g/mol. The van der Waals surface area contributed by atoms with Gasteiger partial charge in [-0.3, -0.25) is 0 Å². The van der Waals surface area contributed by atoms with E-state index in [1.54, 1.807) is 31.4 Å². The standard InChI is InChI=1S/C17H20FNO2/c1-12(3-4-13-5-7-14(20)8-6-13)19-17-11-15(21-2)9-10-16(17)18/h5-12,19-20H,3-4H2,1-2H3. The minimum Gasteiger partial charge on any atom is -0.508 e. The number of aryl methyl sites for hydroxylation is 1. The van der Waals surface area contributed by atoms with Crippen molar-refractivity contribution in [3.63, 3.8) is 0 Å². The summed E-state index contributed by atoms with van der Waals surface area (Å²) in [5.41, 5.74) is 1.60. The molecule has 4 heteroatoms. The lowest BCUT2D eigenvalue weighted by molar-refractivity contribution is 0.414. The Hall–Kier alpha value is -2.23. The molecule has 1 unspecified atom stereocenters. The molecule has 112 valence electrons. The number of methoxy groups -OCH3 is 1. The van der Waals surface area contributed by atoms with Gasteiger partial charge < -0.3 is 15.2 Å². The summed E-state index contributed by atoms with van der Waals surface area (Å²) in [6, 6.07) is 11.9. The van der Waals surface area contributed by atoms with Crippen molar-refractivity contribution < 1.29 is 14.2 Å². The van der Waals surface area contributed by atoms with Gasteiger partial charge in [0.15, 0.2) is 0 Å². The van der Waals surface area contributed by atoms with Crippen LogP contribution in [-0.2, 0) is 6.42 Å². The molecular formula is C17H20FNO2. The lowest BCUT2D eigenvalue weighted by atomic mass is 10.1. The molecule has 2 aromatic carbocycles. The molecule has 3 nitrogen and oxygen atoms in total. The Labute approximate surface area is 124 Å². The second-order valence-electron chi connectivity index (χ2n) is 5.10. The highest BCUT2D eigenvalue weighted by Crippen LogP contribution is 2.22. The molecular weight excluding hydrogens is 269 g/mol. The molecule has 0 saturated carbocycles. The fraction of sp³-hybridized carbons (Fsp3) is 0.294. The highest BCUT2D eigenvalue weighted by Gasteiger charge is 2.08. The van der Waals surface area contributed by atoms with E-state index in [9.17, 15) is 9.50 Å². The highest BCUT2D eigenvalue weighted by atomic mass is 19.1. The molecule has 0 aromatic heterocycles. The highest BCUT2D eigenvalue weighted by molar-refractivity contribution is 5.50. The Bertz CT molecular complexity index is 584. The molecule has 21 heavy (non-hydrogen) atoms. The molecule has 0 amide bonds. The topological polar surface area (TPSA) is 41.5 Å². The first-order valence-electron chi connectivity index (χ1n) is 6.96. The van der Waals surface area contributed by atoms with Crippen LogP contribution in [0.4, 0.5) is 10.1 Å². The molecule has 0 aliphatic carbocycles. The predicted molar refractivity (Wildman–Crippen MR) is 82.5 cm³/mol. The van der Waals surface area contributed by atoms with E-state index >= 15 is 0 Å². The first-order chi connectivity index (χ1) is 10.1. The van der Waals surface area contributed by atoms with E-state index in [0.29, 0.717) is 11.4 Å². The van der Waals surface area contributed by atoms with Crippen molar-refractivity contribution >= 4 is 5.69 Å². The zero-order valence-corrected chi connectivity index (χ0v) is 12.3. The second kappa shape index (κ2) is 6.97. The monoisotopic (exact) mass is 289 g/mol. The first-order valence-corrected chi connectivity index (χ1v) is 6.96. The first kappa shape index (κ1) is 15.2. The van der Waals surface area contributed by atoms with Crippen LogP contribution in [0, 0.1) is 5.82 Å². The van der Waals surface area contributed by atoms with E-state index < -0.39 is 0 Å². The molecule has 2 N–H and O–H groups in total. The van der Waals surface area contributed by atoms with Gasteiger partial charge >= 0.3 is 0 Å². The number of aromatic hydroxyl groups is 1. The van der Waals surface area contributed by atoms with Crippen LogP contribution < -0.4 is 10.1 Å². The summed E-state index contributed by atoms with van der Waals surface area (Å²) in [6.45, 7) is 2.01. The normalized spacial score (nSPS) is 12.0. The van der Waals surface area contributed by atoms with Crippen LogP contribution in [0.2, 0.25) is 0 Å². The molecule has 0 radical (unpaired) electrons. The Kier molecular flexibility index (Phi) is 5.04. The maximum atomic E-state index is 13.7. The van der Waals surface area contributed by atoms with Crippen LogP contribution in [0.1, 0.15) is 18.9 Å². The van der Waals surface area contributed by atoms with E-state index in [1.165, 1.54) is 6.07 Å². The van der Waals surface area contributed by atoms with Gasteiger partial charge in [-0.15, -0.1) is 0 Å². The summed E-state index contributed by atoms with van der Waals surface area (Å²) in [5, 5.41) is 12.4. The van der Waals surface area contributed by atoms with E-state index in [4.69, 9.17) is 4.74 Å².